The van der Waals surface area contributed by atoms with Gasteiger partial charge in [0, 0.05) is 6.42 Å². The molecule has 1 heterocycles. The van der Waals surface area contributed by atoms with Gasteiger partial charge >= 0.3 is 0 Å². The SMILES string of the molecule is C[Si]1(C)CCC(CC#CF)O[Si]1(C)C. The van der Waals surface area contributed by atoms with E-state index in [-0.39, 0.29) is 6.10 Å². The van der Waals surface area contributed by atoms with E-state index in [0.717, 1.165) is 6.42 Å². The van der Waals surface area contributed by atoms with E-state index in [1.54, 1.807) is 0 Å². The van der Waals surface area contributed by atoms with Gasteiger partial charge in [0.15, 0.2) is 7.83 Å². The van der Waals surface area contributed by atoms with Crippen molar-refractivity contribution < 1.29 is 8.82 Å². The van der Waals surface area contributed by atoms with Crippen molar-refractivity contribution in [1.82, 2.24) is 0 Å². The van der Waals surface area contributed by atoms with Gasteiger partial charge in [-0.1, -0.05) is 25.1 Å². The minimum absolute atomic E-state index is 0.195. The van der Waals surface area contributed by atoms with Crippen molar-refractivity contribution in [2.75, 3.05) is 0 Å². The molecule has 0 aromatic heterocycles. The van der Waals surface area contributed by atoms with Crippen molar-refractivity contribution in [3.63, 3.8) is 0 Å². The standard InChI is InChI=1S/C10H19FOSi2/c1-13(2)9-7-10(6-5-8-11)12-14(13,3)4/h10H,6-7,9H2,1-4H3. The predicted molar refractivity (Wildman–Crippen MR) is 62.8 cm³/mol. The summed E-state index contributed by atoms with van der Waals surface area (Å²) in [7, 11) is -2.61. The van der Waals surface area contributed by atoms with E-state index in [0.29, 0.717) is 6.42 Å². The summed E-state index contributed by atoms with van der Waals surface area (Å²) < 4.78 is 17.8. The Kier molecular flexibility index (Phi) is 3.56. The average molecular weight is 230 g/mol. The molecule has 4 heteroatoms. The monoisotopic (exact) mass is 230 g/mol. The molecule has 0 aliphatic carbocycles. The summed E-state index contributed by atoms with van der Waals surface area (Å²) in [5.74, 6) is 2.48. The zero-order valence-corrected chi connectivity index (χ0v) is 11.5. The van der Waals surface area contributed by atoms with Gasteiger partial charge in [-0.3, -0.25) is 0 Å². The van der Waals surface area contributed by atoms with Crippen LogP contribution in [0.4, 0.5) is 4.39 Å². The third kappa shape index (κ3) is 2.47. The van der Waals surface area contributed by atoms with Crippen LogP contribution in [0.5, 0.6) is 0 Å². The molecule has 1 atom stereocenters. The Morgan fingerprint density at radius 3 is 2.50 bits per heavy atom. The van der Waals surface area contributed by atoms with E-state index >= 15 is 0 Å². The fraction of sp³-hybridized carbons (Fsp3) is 0.800. The van der Waals surface area contributed by atoms with E-state index in [2.05, 4.69) is 32.1 Å². The molecule has 0 saturated carbocycles. The Hall–Kier alpha value is -0.116. The van der Waals surface area contributed by atoms with Crippen LogP contribution < -0.4 is 0 Å². The molecule has 1 fully saturated rings. The lowest BCUT2D eigenvalue weighted by atomic mass is 10.2. The van der Waals surface area contributed by atoms with Gasteiger partial charge in [0.2, 0.25) is 0 Å². The molecule has 1 saturated heterocycles. The first-order valence-corrected chi connectivity index (χ1v) is 12.3. The van der Waals surface area contributed by atoms with Gasteiger partial charge in [-0.2, -0.15) is 0 Å². The van der Waals surface area contributed by atoms with Crippen molar-refractivity contribution >= 4 is 15.4 Å². The second-order valence-electron chi connectivity index (χ2n) is 5.15. The Labute approximate surface area is 88.0 Å². The Morgan fingerprint density at radius 1 is 1.36 bits per heavy atom. The lowest BCUT2D eigenvalue weighted by Crippen LogP contribution is -2.61. The highest BCUT2D eigenvalue weighted by Gasteiger charge is 2.47. The van der Waals surface area contributed by atoms with Gasteiger partial charge in [-0.05, 0) is 19.5 Å². The molecule has 1 rings (SSSR count). The summed E-state index contributed by atoms with van der Waals surface area (Å²) in [6.45, 7) is 9.43. The topological polar surface area (TPSA) is 9.23 Å². The lowest BCUT2D eigenvalue weighted by molar-refractivity contribution is 0.191. The molecule has 1 aliphatic rings. The van der Waals surface area contributed by atoms with E-state index in [1.165, 1.54) is 12.2 Å². The third-order valence-corrected chi connectivity index (χ3v) is 20.2. The molecule has 80 valence electrons. The summed E-state index contributed by atoms with van der Waals surface area (Å²) in [6.07, 6.45) is 3.30. The van der Waals surface area contributed by atoms with Crippen LogP contribution in [-0.4, -0.2) is 21.5 Å². The molecule has 0 spiro atoms. The van der Waals surface area contributed by atoms with Gasteiger partial charge in [0.25, 0.3) is 0 Å². The first-order chi connectivity index (χ1) is 6.39. The largest absolute Gasteiger partial charge is 0.416 e. The van der Waals surface area contributed by atoms with Gasteiger partial charge in [0.1, 0.15) is 6.17 Å². The Morgan fingerprint density at radius 2 is 2.00 bits per heavy atom. The summed E-state index contributed by atoms with van der Waals surface area (Å²) in [5.41, 5.74) is 0. The van der Waals surface area contributed by atoms with Gasteiger partial charge in [0.05, 0.1) is 13.7 Å². The van der Waals surface area contributed by atoms with E-state index in [9.17, 15) is 4.39 Å². The summed E-state index contributed by atoms with van der Waals surface area (Å²) >= 11 is 0. The van der Waals surface area contributed by atoms with Crippen LogP contribution >= 0.6 is 0 Å². The molecule has 0 N–H and O–H groups in total. The summed E-state index contributed by atoms with van der Waals surface area (Å²) in [5, 5.41) is 0. The number of rotatable bonds is 1. The zero-order valence-electron chi connectivity index (χ0n) is 9.48. The van der Waals surface area contributed by atoms with Gasteiger partial charge in [-0.25, -0.2) is 0 Å². The van der Waals surface area contributed by atoms with Crippen molar-refractivity contribution in [1.29, 1.82) is 0 Å². The van der Waals surface area contributed by atoms with Crippen LogP contribution in [-0.2, 0) is 4.43 Å². The van der Waals surface area contributed by atoms with E-state index < -0.39 is 15.4 Å². The van der Waals surface area contributed by atoms with Gasteiger partial charge in [-0.15, -0.1) is 4.39 Å². The average Bonchev–Trinajstić information content (AvgIpc) is 2.07. The van der Waals surface area contributed by atoms with Gasteiger partial charge < -0.3 is 4.43 Å². The Bertz CT molecular complexity index is 265. The lowest BCUT2D eigenvalue weighted by Gasteiger charge is -2.45. The smallest absolute Gasteiger partial charge is 0.174 e. The molecule has 0 amide bonds. The predicted octanol–water partition coefficient (Wildman–Crippen LogP) is 3.09. The first-order valence-electron chi connectivity index (χ1n) is 5.15. The van der Waals surface area contributed by atoms with Crippen molar-refractivity contribution in [2.45, 2.75) is 51.2 Å². The van der Waals surface area contributed by atoms with Crippen LogP contribution in [0.1, 0.15) is 12.8 Å². The minimum Gasteiger partial charge on any atom is -0.416 e. The second-order valence-corrected chi connectivity index (χ2v) is 20.3. The highest BCUT2D eigenvalue weighted by atomic mass is 29.3. The molecule has 0 radical (unpaired) electrons. The molecule has 0 bridgehead atoms. The fourth-order valence-electron chi connectivity index (χ4n) is 1.75. The highest BCUT2D eigenvalue weighted by Crippen LogP contribution is 2.34. The maximum atomic E-state index is 11.7. The van der Waals surface area contributed by atoms with Crippen molar-refractivity contribution in [2.24, 2.45) is 0 Å². The maximum absolute atomic E-state index is 11.7. The highest BCUT2D eigenvalue weighted by molar-refractivity contribution is 7.38. The quantitative estimate of drug-likeness (QED) is 0.497. The minimum atomic E-state index is -1.48. The van der Waals surface area contributed by atoms with E-state index in [1.807, 2.05) is 0 Å². The molecule has 14 heavy (non-hydrogen) atoms. The molecule has 0 aromatic rings. The number of halogens is 1. The molecular formula is C10H19FOSi2. The number of hydrogen-bond acceptors (Lipinski definition) is 1. The van der Waals surface area contributed by atoms with Crippen LogP contribution in [0, 0.1) is 12.1 Å². The number of hydrogen-bond donors (Lipinski definition) is 0. The molecule has 1 nitrogen and oxygen atoms in total. The molecule has 0 aromatic carbocycles. The molecule has 1 unspecified atom stereocenters. The van der Waals surface area contributed by atoms with Crippen LogP contribution in [0.2, 0.25) is 32.2 Å². The maximum Gasteiger partial charge on any atom is 0.174 e. The van der Waals surface area contributed by atoms with E-state index in [4.69, 9.17) is 4.43 Å². The second kappa shape index (κ2) is 4.17. The molecule has 1 aliphatic heterocycles. The van der Waals surface area contributed by atoms with Crippen molar-refractivity contribution in [3.05, 3.63) is 0 Å². The third-order valence-electron chi connectivity index (χ3n) is 3.58. The van der Waals surface area contributed by atoms with Crippen LogP contribution in [0.3, 0.4) is 0 Å². The normalized spacial score (nSPS) is 29.1. The fourth-order valence-corrected chi connectivity index (χ4v) is 8.45. The first kappa shape index (κ1) is 12.0. The van der Waals surface area contributed by atoms with Crippen LogP contribution in [0.25, 0.3) is 0 Å². The van der Waals surface area contributed by atoms with Crippen LogP contribution in [0.15, 0.2) is 0 Å². The van der Waals surface area contributed by atoms with Crippen molar-refractivity contribution in [3.8, 4) is 12.1 Å². The Balaban J connectivity index is 2.61. The summed E-state index contributed by atoms with van der Waals surface area (Å²) in [4.78, 5) is 0. The zero-order chi connectivity index (χ0) is 10.8. The molecular weight excluding hydrogens is 211 g/mol. The summed E-state index contributed by atoms with van der Waals surface area (Å²) in [6, 6.07) is 1.31.